The number of carbonyl (C=O) groups excluding carboxylic acids is 2. The molecule has 2 amide bonds. The topological polar surface area (TPSA) is 130 Å². The van der Waals surface area contributed by atoms with Crippen LogP contribution < -0.4 is 11.2 Å². The van der Waals surface area contributed by atoms with E-state index in [0.717, 1.165) is 21.6 Å². The number of benzene rings is 2. The Kier molecular flexibility index (Phi) is 7.36. The van der Waals surface area contributed by atoms with Crippen molar-refractivity contribution in [2.45, 2.75) is 17.6 Å². The van der Waals surface area contributed by atoms with E-state index in [1.54, 1.807) is 11.5 Å². The van der Waals surface area contributed by atoms with Gasteiger partial charge in [0.2, 0.25) is 11.8 Å². The van der Waals surface area contributed by atoms with Gasteiger partial charge in [0, 0.05) is 22.8 Å². The fourth-order valence-corrected chi connectivity index (χ4v) is 8.05. The molecule has 4 N–H and O–H groups in total. The van der Waals surface area contributed by atoms with Crippen LogP contribution in [0.3, 0.4) is 0 Å². The normalized spacial score (nSPS) is 19.7. The lowest BCUT2D eigenvalue weighted by molar-refractivity contribution is -0.130. The van der Waals surface area contributed by atoms with Crippen molar-refractivity contribution in [2.24, 2.45) is 5.73 Å². The first-order valence-electron chi connectivity index (χ1n) is 11.2. The van der Waals surface area contributed by atoms with E-state index in [-0.39, 0.29) is 37.7 Å². The highest BCUT2D eigenvalue weighted by molar-refractivity contribution is 7.92. The monoisotopic (exact) mass is 513 g/mol. The Morgan fingerprint density at radius 2 is 1.63 bits per heavy atom. The Labute approximate surface area is 208 Å². The van der Waals surface area contributed by atoms with E-state index in [1.807, 2.05) is 60.7 Å². The fourth-order valence-electron chi connectivity index (χ4n) is 4.44. The van der Waals surface area contributed by atoms with Crippen molar-refractivity contribution in [3.05, 3.63) is 71.6 Å². The van der Waals surface area contributed by atoms with Crippen LogP contribution in [0.2, 0.25) is 0 Å². The van der Waals surface area contributed by atoms with Crippen LogP contribution in [0, 0.1) is 0 Å². The summed E-state index contributed by atoms with van der Waals surface area (Å²) in [4.78, 5) is 27.2. The van der Waals surface area contributed by atoms with Gasteiger partial charge in [-0.2, -0.15) is 0 Å². The SMILES string of the molecule is NCC(=O)N1CCC(CC(=O)NO)(c2ccc(-c3ccc(-c4ccccc4)cc3)s2)S(=O)(=O)CC1. The van der Waals surface area contributed by atoms with E-state index in [9.17, 15) is 23.2 Å². The minimum absolute atomic E-state index is 0.0139. The zero-order chi connectivity index (χ0) is 25.1. The molecule has 1 saturated heterocycles. The molecule has 1 fully saturated rings. The minimum Gasteiger partial charge on any atom is -0.341 e. The number of hydroxylamine groups is 1. The lowest BCUT2D eigenvalue weighted by Gasteiger charge is -2.30. The number of hydrogen-bond donors (Lipinski definition) is 3. The maximum Gasteiger partial charge on any atom is 0.245 e. The van der Waals surface area contributed by atoms with Crippen molar-refractivity contribution in [1.82, 2.24) is 10.4 Å². The Balaban J connectivity index is 1.70. The summed E-state index contributed by atoms with van der Waals surface area (Å²) >= 11 is 1.30. The molecule has 1 aliphatic rings. The molecule has 2 heterocycles. The molecule has 1 aromatic heterocycles. The van der Waals surface area contributed by atoms with Gasteiger partial charge in [0.25, 0.3) is 0 Å². The summed E-state index contributed by atoms with van der Waals surface area (Å²) in [6, 6.07) is 21.5. The second kappa shape index (κ2) is 10.3. The predicted octanol–water partition coefficient (Wildman–Crippen LogP) is 2.78. The second-order valence-corrected chi connectivity index (χ2v) is 12.0. The van der Waals surface area contributed by atoms with Crippen molar-refractivity contribution >= 4 is 33.0 Å². The quantitative estimate of drug-likeness (QED) is 0.343. The number of nitrogens with one attached hydrogen (secondary N) is 1. The first-order valence-corrected chi connectivity index (χ1v) is 13.7. The molecular weight excluding hydrogens is 486 g/mol. The number of thiophene rings is 1. The summed E-state index contributed by atoms with van der Waals surface area (Å²) in [5.41, 5.74) is 10.1. The van der Waals surface area contributed by atoms with Crippen molar-refractivity contribution < 1.29 is 23.2 Å². The number of sulfone groups is 1. The highest BCUT2D eigenvalue weighted by Gasteiger charge is 2.49. The van der Waals surface area contributed by atoms with Crippen molar-refractivity contribution in [3.63, 3.8) is 0 Å². The van der Waals surface area contributed by atoms with Gasteiger partial charge in [0.15, 0.2) is 9.84 Å². The molecule has 2 aromatic carbocycles. The molecule has 10 heteroatoms. The maximum atomic E-state index is 13.6. The lowest BCUT2D eigenvalue weighted by Crippen LogP contribution is -2.41. The van der Waals surface area contributed by atoms with E-state index in [4.69, 9.17) is 5.73 Å². The molecule has 3 aromatic rings. The largest absolute Gasteiger partial charge is 0.341 e. The molecule has 0 aliphatic carbocycles. The zero-order valence-electron chi connectivity index (χ0n) is 19.0. The minimum atomic E-state index is -3.86. The standard InChI is InChI=1S/C25H27N3O5S2/c26-17-24(30)28-13-12-25(16-23(29)27-31,35(32,33)15-14-28)22-11-10-21(34-22)20-8-6-19(7-9-20)18-4-2-1-3-5-18/h1-11,31H,12-17,26H2,(H,27,29). The third-order valence-electron chi connectivity index (χ3n) is 6.44. The van der Waals surface area contributed by atoms with Crippen LogP contribution in [0.15, 0.2) is 66.7 Å². The summed E-state index contributed by atoms with van der Waals surface area (Å²) in [6.45, 7) is -0.0562. The molecule has 8 nitrogen and oxygen atoms in total. The molecule has 0 radical (unpaired) electrons. The molecule has 0 spiro atoms. The van der Waals surface area contributed by atoms with Crippen LogP contribution in [0.4, 0.5) is 0 Å². The Morgan fingerprint density at radius 1 is 0.971 bits per heavy atom. The van der Waals surface area contributed by atoms with Crippen molar-refractivity contribution in [2.75, 3.05) is 25.4 Å². The summed E-state index contributed by atoms with van der Waals surface area (Å²) in [5.74, 6) is -1.43. The van der Waals surface area contributed by atoms with Crippen molar-refractivity contribution in [1.29, 1.82) is 0 Å². The van der Waals surface area contributed by atoms with E-state index < -0.39 is 26.9 Å². The molecule has 1 atom stereocenters. The molecular formula is C25H27N3O5S2. The average Bonchev–Trinajstić information content (AvgIpc) is 3.34. The van der Waals surface area contributed by atoms with E-state index in [1.165, 1.54) is 16.2 Å². The number of amides is 2. The van der Waals surface area contributed by atoms with E-state index in [0.29, 0.717) is 4.88 Å². The van der Waals surface area contributed by atoms with Gasteiger partial charge in [-0.3, -0.25) is 14.8 Å². The third-order valence-corrected chi connectivity index (χ3v) is 10.4. The van der Waals surface area contributed by atoms with Gasteiger partial charge in [-0.05, 0) is 35.2 Å². The van der Waals surface area contributed by atoms with Crippen LogP contribution in [0.5, 0.6) is 0 Å². The Bertz CT molecular complexity index is 1310. The fraction of sp³-hybridized carbons (Fsp3) is 0.280. The third kappa shape index (κ3) is 5.01. The Hall–Kier alpha value is -3.05. The zero-order valence-corrected chi connectivity index (χ0v) is 20.6. The van der Waals surface area contributed by atoms with Crippen LogP contribution >= 0.6 is 11.3 Å². The number of rotatable bonds is 6. The molecule has 0 bridgehead atoms. The highest BCUT2D eigenvalue weighted by atomic mass is 32.2. The van der Waals surface area contributed by atoms with Gasteiger partial charge >= 0.3 is 0 Å². The lowest BCUT2D eigenvalue weighted by atomic mass is 9.97. The van der Waals surface area contributed by atoms with E-state index in [2.05, 4.69) is 0 Å². The summed E-state index contributed by atoms with van der Waals surface area (Å²) in [5, 5.41) is 9.18. The van der Waals surface area contributed by atoms with Gasteiger partial charge in [-0.25, -0.2) is 13.9 Å². The molecule has 1 unspecified atom stereocenters. The van der Waals surface area contributed by atoms with Crippen LogP contribution in [-0.2, 0) is 24.2 Å². The summed E-state index contributed by atoms with van der Waals surface area (Å²) in [6.07, 6.45) is -0.412. The van der Waals surface area contributed by atoms with Gasteiger partial charge in [-0.1, -0.05) is 54.6 Å². The highest BCUT2D eigenvalue weighted by Crippen LogP contribution is 2.45. The molecule has 1 aliphatic heterocycles. The first kappa shape index (κ1) is 25.1. The average molecular weight is 514 g/mol. The maximum absolute atomic E-state index is 13.6. The predicted molar refractivity (Wildman–Crippen MR) is 135 cm³/mol. The first-order chi connectivity index (χ1) is 16.8. The number of nitrogens with zero attached hydrogens (tertiary/aromatic N) is 1. The van der Waals surface area contributed by atoms with Gasteiger partial charge in [-0.15, -0.1) is 11.3 Å². The van der Waals surface area contributed by atoms with Crippen molar-refractivity contribution in [3.8, 4) is 21.6 Å². The van der Waals surface area contributed by atoms with Crippen LogP contribution in [0.1, 0.15) is 17.7 Å². The van der Waals surface area contributed by atoms with Gasteiger partial charge in [0.1, 0.15) is 4.75 Å². The molecule has 0 saturated carbocycles. The molecule has 184 valence electrons. The number of carbonyl (C=O) groups is 2. The van der Waals surface area contributed by atoms with Crippen LogP contribution in [0.25, 0.3) is 21.6 Å². The number of hydrogen-bond acceptors (Lipinski definition) is 7. The smallest absolute Gasteiger partial charge is 0.245 e. The van der Waals surface area contributed by atoms with Crippen LogP contribution in [-0.4, -0.2) is 55.7 Å². The Morgan fingerprint density at radius 3 is 2.29 bits per heavy atom. The second-order valence-electron chi connectivity index (χ2n) is 8.47. The van der Waals surface area contributed by atoms with Gasteiger partial charge < -0.3 is 10.6 Å². The number of nitrogens with two attached hydrogens (primary N) is 1. The van der Waals surface area contributed by atoms with E-state index >= 15 is 0 Å². The summed E-state index contributed by atoms with van der Waals surface area (Å²) in [7, 11) is -3.86. The van der Waals surface area contributed by atoms with Gasteiger partial charge in [0.05, 0.1) is 18.7 Å². The molecule has 4 rings (SSSR count). The summed E-state index contributed by atoms with van der Waals surface area (Å²) < 4.78 is 25.6. The molecule has 35 heavy (non-hydrogen) atoms.